The summed E-state index contributed by atoms with van der Waals surface area (Å²) in [6, 6.07) is 0.292. The molecular weight excluding hydrogens is 294 g/mol. The van der Waals surface area contributed by atoms with Gasteiger partial charge >= 0.3 is 0 Å². The first-order chi connectivity index (χ1) is 9.19. The van der Waals surface area contributed by atoms with Crippen molar-refractivity contribution >= 4 is 29.7 Å². The molecule has 6 heteroatoms. The smallest absolute Gasteiger partial charge is 0.265 e. The van der Waals surface area contributed by atoms with E-state index in [4.69, 9.17) is 5.73 Å². The maximum Gasteiger partial charge on any atom is 0.265 e. The highest BCUT2D eigenvalue weighted by atomic mass is 35.5. The van der Waals surface area contributed by atoms with Crippen LogP contribution in [0.15, 0.2) is 6.20 Å². The van der Waals surface area contributed by atoms with Crippen molar-refractivity contribution in [2.45, 2.75) is 38.6 Å². The van der Waals surface area contributed by atoms with Gasteiger partial charge in [-0.15, -0.1) is 23.7 Å². The van der Waals surface area contributed by atoms with E-state index in [1.165, 1.54) is 6.42 Å². The lowest BCUT2D eigenvalue weighted by molar-refractivity contribution is 0.0784. The van der Waals surface area contributed by atoms with E-state index in [0.29, 0.717) is 17.9 Å². The Labute approximate surface area is 130 Å². The van der Waals surface area contributed by atoms with Crippen molar-refractivity contribution in [3.63, 3.8) is 0 Å². The summed E-state index contributed by atoms with van der Waals surface area (Å²) in [5.41, 5.74) is 6.12. The summed E-state index contributed by atoms with van der Waals surface area (Å²) in [4.78, 5) is 19.6. The summed E-state index contributed by atoms with van der Waals surface area (Å²) in [7, 11) is 0. The molecule has 2 aliphatic rings. The van der Waals surface area contributed by atoms with Crippen LogP contribution in [0.5, 0.6) is 0 Å². The number of nitrogens with two attached hydrogens (primary N) is 1. The number of aromatic nitrogens is 1. The number of halogens is 1. The molecule has 0 aromatic carbocycles. The number of thiazole rings is 1. The van der Waals surface area contributed by atoms with Crippen LogP contribution in [-0.2, 0) is 6.42 Å². The van der Waals surface area contributed by atoms with Crippen LogP contribution >= 0.6 is 23.7 Å². The van der Waals surface area contributed by atoms with Crippen molar-refractivity contribution in [1.29, 1.82) is 0 Å². The molecule has 1 saturated carbocycles. The van der Waals surface area contributed by atoms with E-state index in [1.54, 1.807) is 17.5 Å². The van der Waals surface area contributed by atoms with Crippen LogP contribution in [0, 0.1) is 11.8 Å². The van der Waals surface area contributed by atoms with E-state index in [-0.39, 0.29) is 18.3 Å². The highest BCUT2D eigenvalue weighted by molar-refractivity contribution is 7.13. The van der Waals surface area contributed by atoms with E-state index in [2.05, 4.69) is 11.9 Å². The molecule has 3 rings (SSSR count). The molecule has 1 aromatic rings. The monoisotopic (exact) mass is 315 g/mol. The molecule has 3 unspecified atom stereocenters. The van der Waals surface area contributed by atoms with Gasteiger partial charge in [-0.3, -0.25) is 4.79 Å². The van der Waals surface area contributed by atoms with E-state index < -0.39 is 0 Å². The number of amides is 1. The number of hydrogen-bond acceptors (Lipinski definition) is 4. The summed E-state index contributed by atoms with van der Waals surface area (Å²) < 4.78 is 0. The van der Waals surface area contributed by atoms with Gasteiger partial charge < -0.3 is 10.6 Å². The number of fused-ring (bicyclic) bond motifs is 1. The number of hydrogen-bond donors (Lipinski definition) is 1. The normalized spacial score (nSPS) is 28.3. The third-order valence-electron chi connectivity index (χ3n) is 4.43. The van der Waals surface area contributed by atoms with Gasteiger partial charge in [-0.25, -0.2) is 4.98 Å². The molecule has 1 amide bonds. The van der Waals surface area contributed by atoms with Crippen LogP contribution in [0.25, 0.3) is 0 Å². The lowest BCUT2D eigenvalue weighted by Gasteiger charge is -2.17. The molecule has 0 radical (unpaired) electrons. The molecule has 1 aliphatic carbocycles. The fraction of sp³-hybridized carbons (Fsp3) is 0.714. The Balaban J connectivity index is 0.00000147. The second kappa shape index (κ2) is 6.41. The van der Waals surface area contributed by atoms with Crippen LogP contribution in [0.4, 0.5) is 0 Å². The maximum absolute atomic E-state index is 12.5. The van der Waals surface area contributed by atoms with Crippen LogP contribution in [-0.4, -0.2) is 34.9 Å². The second-order valence-corrected chi connectivity index (χ2v) is 6.86. The van der Waals surface area contributed by atoms with E-state index >= 15 is 0 Å². The Hall–Kier alpha value is -0.650. The fourth-order valence-electron chi connectivity index (χ4n) is 3.37. The van der Waals surface area contributed by atoms with Crippen molar-refractivity contribution in [1.82, 2.24) is 9.88 Å². The zero-order valence-corrected chi connectivity index (χ0v) is 13.4. The Morgan fingerprint density at radius 3 is 3.00 bits per heavy atom. The predicted octanol–water partition coefficient (Wildman–Crippen LogP) is 2.33. The van der Waals surface area contributed by atoms with Crippen molar-refractivity contribution in [2.24, 2.45) is 17.6 Å². The first kappa shape index (κ1) is 15.7. The predicted molar refractivity (Wildman–Crippen MR) is 83.4 cm³/mol. The largest absolute Gasteiger partial charge is 0.337 e. The van der Waals surface area contributed by atoms with Crippen LogP contribution in [0.1, 0.15) is 40.9 Å². The first-order valence-corrected chi connectivity index (χ1v) is 8.00. The maximum atomic E-state index is 12.5. The molecule has 4 nitrogen and oxygen atoms in total. The van der Waals surface area contributed by atoms with Gasteiger partial charge in [-0.1, -0.05) is 6.92 Å². The Kier molecular flexibility index (Phi) is 5.04. The second-order valence-electron chi connectivity index (χ2n) is 5.74. The quantitative estimate of drug-likeness (QED) is 0.931. The average molecular weight is 316 g/mol. The summed E-state index contributed by atoms with van der Waals surface area (Å²) in [6.07, 6.45) is 6.09. The standard InChI is InChI=1S/C14H21N3OS.ClH/c1-2-3-13-16-6-12(19-13)14(18)17-7-9-4-5-11(15)10(9)8-17;/h6,9-11H,2-5,7-8,15H2,1H3;1H. The molecule has 1 aliphatic heterocycles. The van der Waals surface area contributed by atoms with Gasteiger partial charge in [0.1, 0.15) is 4.88 Å². The number of carbonyl (C=O) groups excluding carboxylic acids is 1. The summed E-state index contributed by atoms with van der Waals surface area (Å²) in [5, 5.41) is 1.07. The van der Waals surface area contributed by atoms with Crippen LogP contribution in [0.3, 0.4) is 0 Å². The number of carbonyl (C=O) groups is 1. The molecule has 1 saturated heterocycles. The molecule has 1 aromatic heterocycles. The van der Waals surface area contributed by atoms with Crippen molar-refractivity contribution in [2.75, 3.05) is 13.1 Å². The number of likely N-dealkylation sites (tertiary alicyclic amines) is 1. The minimum Gasteiger partial charge on any atom is -0.337 e. The summed E-state index contributed by atoms with van der Waals surface area (Å²) >= 11 is 1.55. The minimum absolute atomic E-state index is 0. The molecule has 0 bridgehead atoms. The van der Waals surface area contributed by atoms with Crippen molar-refractivity contribution in [3.05, 3.63) is 16.1 Å². The minimum atomic E-state index is 0. The van der Waals surface area contributed by atoms with Crippen LogP contribution in [0.2, 0.25) is 0 Å². The highest BCUT2D eigenvalue weighted by Crippen LogP contribution is 2.37. The third kappa shape index (κ3) is 2.85. The zero-order chi connectivity index (χ0) is 13.4. The van der Waals surface area contributed by atoms with E-state index in [0.717, 1.165) is 42.2 Å². The highest BCUT2D eigenvalue weighted by Gasteiger charge is 2.42. The van der Waals surface area contributed by atoms with E-state index in [1.807, 2.05) is 4.90 Å². The van der Waals surface area contributed by atoms with Gasteiger partial charge in [0.2, 0.25) is 0 Å². The third-order valence-corrected chi connectivity index (χ3v) is 5.47. The van der Waals surface area contributed by atoms with Gasteiger partial charge in [-0.2, -0.15) is 0 Å². The molecule has 3 atom stereocenters. The van der Waals surface area contributed by atoms with Gasteiger partial charge in [-0.05, 0) is 37.5 Å². The lowest BCUT2D eigenvalue weighted by atomic mass is 9.98. The lowest BCUT2D eigenvalue weighted by Crippen LogP contribution is -2.33. The fourth-order valence-corrected chi connectivity index (χ4v) is 4.36. The number of rotatable bonds is 3. The first-order valence-electron chi connectivity index (χ1n) is 7.18. The zero-order valence-electron chi connectivity index (χ0n) is 11.7. The molecular formula is C14H22ClN3OS. The molecule has 2 fully saturated rings. The average Bonchev–Trinajstić information content (AvgIpc) is 3.07. The summed E-state index contributed by atoms with van der Waals surface area (Å²) in [5.74, 6) is 1.30. The molecule has 2 heterocycles. The van der Waals surface area contributed by atoms with Gasteiger partial charge in [0.05, 0.1) is 11.2 Å². The van der Waals surface area contributed by atoms with Gasteiger partial charge in [0.25, 0.3) is 5.91 Å². The molecule has 2 N–H and O–H groups in total. The Morgan fingerprint density at radius 2 is 2.30 bits per heavy atom. The topological polar surface area (TPSA) is 59.2 Å². The molecule has 112 valence electrons. The Bertz CT molecular complexity index is 479. The molecule has 20 heavy (non-hydrogen) atoms. The van der Waals surface area contributed by atoms with Crippen molar-refractivity contribution in [3.8, 4) is 0 Å². The van der Waals surface area contributed by atoms with Crippen molar-refractivity contribution < 1.29 is 4.79 Å². The summed E-state index contributed by atoms with van der Waals surface area (Å²) in [6.45, 7) is 3.86. The SMILES string of the molecule is CCCc1ncc(C(=O)N2CC3CCC(N)C3C2)s1.Cl. The Morgan fingerprint density at radius 1 is 1.50 bits per heavy atom. The van der Waals surface area contributed by atoms with Gasteiger partial charge in [0, 0.05) is 19.1 Å². The number of aryl methyl sites for hydroxylation is 1. The van der Waals surface area contributed by atoms with Gasteiger partial charge in [0.15, 0.2) is 0 Å². The van der Waals surface area contributed by atoms with E-state index in [9.17, 15) is 4.79 Å². The number of nitrogens with zero attached hydrogens (tertiary/aromatic N) is 2. The molecule has 0 spiro atoms. The van der Waals surface area contributed by atoms with Crippen LogP contribution < -0.4 is 5.73 Å².